The molecule has 0 saturated heterocycles. The van der Waals surface area contributed by atoms with Gasteiger partial charge in [-0.1, -0.05) is 48.2 Å². The second-order valence-corrected chi connectivity index (χ2v) is 10.9. The van der Waals surface area contributed by atoms with Crippen LogP contribution in [-0.4, -0.2) is 37.2 Å². The van der Waals surface area contributed by atoms with Crippen LogP contribution in [0.25, 0.3) is 11.3 Å². The average Bonchev–Trinajstić information content (AvgIpc) is 2.90. The standard InChI is InChI=1S/C26H21FN4O4S2/c1-35-20-9-5-8-19(13-20)29-24(32)16-36-26-28-14-23-25(30-26)21-10-2-3-11-22(21)31(37(23,33)34)15-17-6-4-7-18(27)12-17/h2-14H,15-16H2,1H3,(H,29,32). The van der Waals surface area contributed by atoms with Crippen molar-refractivity contribution < 1.29 is 22.3 Å². The van der Waals surface area contributed by atoms with Crippen LogP contribution in [0.5, 0.6) is 5.75 Å². The molecule has 8 nitrogen and oxygen atoms in total. The molecule has 11 heteroatoms. The molecule has 1 aliphatic rings. The summed E-state index contributed by atoms with van der Waals surface area (Å²) in [5.41, 5.74) is 2.40. The van der Waals surface area contributed by atoms with Crippen molar-refractivity contribution in [1.82, 2.24) is 9.97 Å². The van der Waals surface area contributed by atoms with Gasteiger partial charge in [0.05, 0.1) is 37.0 Å². The lowest BCUT2D eigenvalue weighted by atomic mass is 10.1. The number of hydrogen-bond acceptors (Lipinski definition) is 7. The number of methoxy groups -OCH3 is 1. The molecule has 0 unspecified atom stereocenters. The number of para-hydroxylation sites is 1. The van der Waals surface area contributed by atoms with Crippen molar-refractivity contribution in [3.8, 4) is 17.0 Å². The van der Waals surface area contributed by atoms with E-state index >= 15 is 0 Å². The van der Waals surface area contributed by atoms with Gasteiger partial charge in [0.1, 0.15) is 16.5 Å². The van der Waals surface area contributed by atoms with E-state index in [1.54, 1.807) is 61.7 Å². The van der Waals surface area contributed by atoms with Crippen molar-refractivity contribution in [3.05, 3.63) is 90.4 Å². The Bertz CT molecular complexity index is 1600. The molecule has 1 amide bonds. The number of carbonyl (C=O) groups is 1. The van der Waals surface area contributed by atoms with Gasteiger partial charge in [-0.05, 0) is 35.9 Å². The zero-order chi connectivity index (χ0) is 26.0. The number of thioether (sulfide) groups is 1. The fourth-order valence-electron chi connectivity index (χ4n) is 3.94. The Morgan fingerprint density at radius 2 is 1.89 bits per heavy atom. The Balaban J connectivity index is 1.39. The lowest BCUT2D eigenvalue weighted by molar-refractivity contribution is -0.113. The zero-order valence-corrected chi connectivity index (χ0v) is 21.2. The average molecular weight is 537 g/mol. The van der Waals surface area contributed by atoms with Gasteiger partial charge in [-0.3, -0.25) is 9.10 Å². The highest BCUT2D eigenvalue weighted by atomic mass is 32.2. The fourth-order valence-corrected chi connectivity index (χ4v) is 6.12. The topological polar surface area (TPSA) is 101 Å². The molecular formula is C26H21FN4O4S2. The van der Waals surface area contributed by atoms with Gasteiger partial charge < -0.3 is 10.1 Å². The molecule has 3 aromatic carbocycles. The van der Waals surface area contributed by atoms with Gasteiger partial charge in [0.25, 0.3) is 10.0 Å². The van der Waals surface area contributed by atoms with Gasteiger partial charge in [0.2, 0.25) is 5.91 Å². The predicted octanol–water partition coefficient (Wildman–Crippen LogP) is 4.73. The summed E-state index contributed by atoms with van der Waals surface area (Å²) in [6.07, 6.45) is 1.26. The lowest BCUT2D eigenvalue weighted by Crippen LogP contribution is -2.34. The maximum atomic E-state index is 13.8. The minimum Gasteiger partial charge on any atom is -0.497 e. The lowest BCUT2D eigenvalue weighted by Gasteiger charge is -2.31. The van der Waals surface area contributed by atoms with E-state index in [4.69, 9.17) is 4.74 Å². The molecule has 0 aliphatic carbocycles. The molecule has 2 heterocycles. The molecule has 5 rings (SSSR count). The number of nitrogens with zero attached hydrogens (tertiary/aromatic N) is 3. The van der Waals surface area contributed by atoms with Crippen LogP contribution in [0.2, 0.25) is 0 Å². The molecule has 1 N–H and O–H groups in total. The maximum Gasteiger partial charge on any atom is 0.268 e. The van der Waals surface area contributed by atoms with E-state index in [0.717, 1.165) is 11.8 Å². The van der Waals surface area contributed by atoms with Crippen LogP contribution in [0.4, 0.5) is 15.8 Å². The summed E-state index contributed by atoms with van der Waals surface area (Å²) in [6.45, 7) is -0.0442. The number of benzene rings is 3. The number of hydrogen-bond donors (Lipinski definition) is 1. The highest BCUT2D eigenvalue weighted by molar-refractivity contribution is 7.99. The summed E-state index contributed by atoms with van der Waals surface area (Å²) < 4.78 is 47.3. The van der Waals surface area contributed by atoms with E-state index in [0.29, 0.717) is 28.3 Å². The Morgan fingerprint density at radius 1 is 1.08 bits per heavy atom. The zero-order valence-electron chi connectivity index (χ0n) is 19.6. The first-order chi connectivity index (χ1) is 17.8. The summed E-state index contributed by atoms with van der Waals surface area (Å²) in [5, 5.41) is 3.05. The van der Waals surface area contributed by atoms with Gasteiger partial charge in [-0.25, -0.2) is 22.8 Å². The minimum atomic E-state index is -4.02. The summed E-state index contributed by atoms with van der Waals surface area (Å²) in [5.74, 6) is -0.0690. The van der Waals surface area contributed by atoms with E-state index in [1.165, 1.54) is 28.7 Å². The molecule has 0 bridgehead atoms. The van der Waals surface area contributed by atoms with E-state index < -0.39 is 15.8 Å². The second-order valence-electron chi connectivity index (χ2n) is 8.09. The second kappa shape index (κ2) is 10.2. The molecule has 0 saturated carbocycles. The molecule has 0 radical (unpaired) electrons. The molecule has 4 aromatic rings. The molecule has 37 heavy (non-hydrogen) atoms. The van der Waals surface area contributed by atoms with Crippen molar-refractivity contribution in [3.63, 3.8) is 0 Å². The van der Waals surface area contributed by atoms with Crippen LogP contribution in [-0.2, 0) is 21.4 Å². The van der Waals surface area contributed by atoms with Crippen LogP contribution < -0.4 is 14.4 Å². The van der Waals surface area contributed by atoms with E-state index in [-0.39, 0.29) is 34.0 Å². The number of nitrogens with one attached hydrogen (secondary N) is 1. The van der Waals surface area contributed by atoms with Gasteiger partial charge in [-0.2, -0.15) is 0 Å². The van der Waals surface area contributed by atoms with Crippen molar-refractivity contribution in [2.75, 3.05) is 22.5 Å². The molecule has 1 aliphatic heterocycles. The van der Waals surface area contributed by atoms with Gasteiger partial charge in [0, 0.05) is 17.3 Å². The molecule has 0 spiro atoms. The Kier molecular flexibility index (Phi) is 6.81. The monoisotopic (exact) mass is 536 g/mol. The SMILES string of the molecule is COc1cccc(NC(=O)CSc2ncc3c(n2)-c2ccccc2N(Cc2cccc(F)c2)S3(=O)=O)c1. The quantitative estimate of drug-likeness (QED) is 0.269. The van der Waals surface area contributed by atoms with E-state index in [9.17, 15) is 17.6 Å². The Morgan fingerprint density at radius 3 is 2.70 bits per heavy atom. The highest BCUT2D eigenvalue weighted by Crippen LogP contribution is 2.42. The third-order valence-corrected chi connectivity index (χ3v) is 8.25. The van der Waals surface area contributed by atoms with Crippen molar-refractivity contribution in [2.45, 2.75) is 16.6 Å². The third kappa shape index (κ3) is 5.13. The highest BCUT2D eigenvalue weighted by Gasteiger charge is 2.36. The molecule has 0 atom stereocenters. The van der Waals surface area contributed by atoms with Crippen molar-refractivity contribution in [1.29, 1.82) is 0 Å². The number of fused-ring (bicyclic) bond motifs is 3. The largest absolute Gasteiger partial charge is 0.497 e. The fraction of sp³-hybridized carbons (Fsp3) is 0.115. The Hall–Kier alpha value is -3.96. The normalized spacial score (nSPS) is 13.4. The van der Waals surface area contributed by atoms with Crippen molar-refractivity contribution >= 4 is 39.1 Å². The first kappa shape index (κ1) is 24.7. The smallest absolute Gasteiger partial charge is 0.268 e. The predicted molar refractivity (Wildman–Crippen MR) is 140 cm³/mol. The maximum absolute atomic E-state index is 13.8. The van der Waals surface area contributed by atoms with Crippen molar-refractivity contribution in [2.24, 2.45) is 0 Å². The van der Waals surface area contributed by atoms with Crippen LogP contribution in [0.15, 0.2) is 89.0 Å². The van der Waals surface area contributed by atoms with Gasteiger partial charge in [-0.15, -0.1) is 0 Å². The summed E-state index contributed by atoms with van der Waals surface area (Å²) in [7, 11) is -2.47. The number of sulfonamides is 1. The minimum absolute atomic E-state index is 0.0239. The van der Waals surface area contributed by atoms with Crippen LogP contribution >= 0.6 is 11.8 Å². The summed E-state index contributed by atoms with van der Waals surface area (Å²) in [4.78, 5) is 21.1. The number of anilines is 2. The number of carbonyl (C=O) groups excluding carboxylic acids is 1. The van der Waals surface area contributed by atoms with Crippen LogP contribution in [0.3, 0.4) is 0 Å². The van der Waals surface area contributed by atoms with Gasteiger partial charge in [0.15, 0.2) is 5.16 Å². The number of ether oxygens (including phenoxy) is 1. The van der Waals surface area contributed by atoms with Crippen LogP contribution in [0, 0.1) is 5.82 Å². The third-order valence-electron chi connectivity index (χ3n) is 5.63. The number of amides is 1. The molecular weight excluding hydrogens is 515 g/mol. The van der Waals surface area contributed by atoms with E-state index in [2.05, 4.69) is 15.3 Å². The Labute approximate surface area is 217 Å². The van der Waals surface area contributed by atoms with Crippen LogP contribution in [0.1, 0.15) is 5.56 Å². The van der Waals surface area contributed by atoms with Gasteiger partial charge >= 0.3 is 0 Å². The molecule has 1 aromatic heterocycles. The molecule has 0 fully saturated rings. The summed E-state index contributed by atoms with van der Waals surface area (Å²) >= 11 is 1.09. The number of halogens is 1. The number of rotatable bonds is 7. The molecule has 188 valence electrons. The number of aromatic nitrogens is 2. The van der Waals surface area contributed by atoms with E-state index in [1.807, 2.05) is 0 Å². The first-order valence-electron chi connectivity index (χ1n) is 11.2. The first-order valence-corrected chi connectivity index (χ1v) is 13.6. The summed E-state index contributed by atoms with van der Waals surface area (Å²) in [6, 6.07) is 19.8.